The van der Waals surface area contributed by atoms with Crippen molar-refractivity contribution in [3.05, 3.63) is 52.8 Å². The molecule has 2 aromatic rings. The molecule has 0 spiro atoms. The van der Waals surface area contributed by atoms with Gasteiger partial charge in [0.05, 0.1) is 22.9 Å². The highest BCUT2D eigenvalue weighted by Gasteiger charge is 2.39. The van der Waals surface area contributed by atoms with Gasteiger partial charge in [0.1, 0.15) is 5.56 Å². The minimum atomic E-state index is -0.782. The molecule has 134 valence electrons. The molecule has 8 heteroatoms. The number of aryl methyl sites for hydroxylation is 1. The van der Waals surface area contributed by atoms with E-state index in [1.807, 2.05) is 0 Å². The molecule has 2 aliphatic rings. The number of fused-ring (bicyclic) bond motifs is 1. The van der Waals surface area contributed by atoms with E-state index in [1.165, 1.54) is 12.1 Å². The highest BCUT2D eigenvalue weighted by atomic mass is 16.7. The molecule has 1 fully saturated rings. The maximum Gasteiger partial charge on any atom is 0.367 e. The predicted molar refractivity (Wildman–Crippen MR) is 88.4 cm³/mol. The molecule has 26 heavy (non-hydrogen) atoms. The Hall–Kier alpha value is -3.00. The molecule has 3 heterocycles. The van der Waals surface area contributed by atoms with Gasteiger partial charge in [-0.05, 0) is 31.9 Å². The summed E-state index contributed by atoms with van der Waals surface area (Å²) in [5.74, 6) is -2.07. The summed E-state index contributed by atoms with van der Waals surface area (Å²) in [5, 5.41) is 4.89. The lowest BCUT2D eigenvalue weighted by molar-refractivity contribution is -0.0585. The lowest BCUT2D eigenvalue weighted by atomic mass is 10.1. The number of rotatable bonds is 3. The van der Waals surface area contributed by atoms with E-state index in [2.05, 4.69) is 5.10 Å². The SMILES string of the molecule is Cc1nn(C2CCOCC2)cc1C(=O)ON1C(=O)c2ccccc2C1=O. The minimum Gasteiger partial charge on any atom is -0.381 e. The number of benzene rings is 1. The van der Waals surface area contributed by atoms with Gasteiger partial charge in [0, 0.05) is 19.4 Å². The minimum absolute atomic E-state index is 0.156. The third-order valence-electron chi connectivity index (χ3n) is 4.63. The van der Waals surface area contributed by atoms with E-state index in [0.29, 0.717) is 24.0 Å². The second-order valence-electron chi connectivity index (χ2n) is 6.28. The molecule has 8 nitrogen and oxygen atoms in total. The summed E-state index contributed by atoms with van der Waals surface area (Å²) in [4.78, 5) is 42.2. The Labute approximate surface area is 149 Å². The highest BCUT2D eigenvalue weighted by molar-refractivity contribution is 6.21. The molecule has 0 atom stereocenters. The summed E-state index contributed by atoms with van der Waals surface area (Å²) in [5.41, 5.74) is 1.16. The highest BCUT2D eigenvalue weighted by Crippen LogP contribution is 2.25. The lowest BCUT2D eigenvalue weighted by Gasteiger charge is -2.22. The van der Waals surface area contributed by atoms with Crippen LogP contribution in [0.5, 0.6) is 0 Å². The largest absolute Gasteiger partial charge is 0.381 e. The third-order valence-corrected chi connectivity index (χ3v) is 4.63. The van der Waals surface area contributed by atoms with Crippen LogP contribution in [-0.2, 0) is 9.57 Å². The van der Waals surface area contributed by atoms with Crippen molar-refractivity contribution in [1.82, 2.24) is 14.8 Å². The first-order chi connectivity index (χ1) is 12.6. The van der Waals surface area contributed by atoms with Gasteiger partial charge < -0.3 is 9.57 Å². The molecule has 0 bridgehead atoms. The van der Waals surface area contributed by atoms with Gasteiger partial charge in [0.2, 0.25) is 0 Å². The van der Waals surface area contributed by atoms with E-state index in [-0.39, 0.29) is 22.7 Å². The van der Waals surface area contributed by atoms with Crippen molar-refractivity contribution < 1.29 is 24.0 Å². The molecule has 0 N–H and O–H groups in total. The average Bonchev–Trinajstić information content (AvgIpc) is 3.17. The number of nitrogens with zero attached hydrogens (tertiary/aromatic N) is 3. The van der Waals surface area contributed by atoms with E-state index in [4.69, 9.17) is 9.57 Å². The van der Waals surface area contributed by atoms with Crippen LogP contribution in [0.1, 0.15) is 55.7 Å². The number of ether oxygens (including phenoxy) is 1. The second kappa shape index (κ2) is 6.38. The van der Waals surface area contributed by atoms with E-state index >= 15 is 0 Å². The van der Waals surface area contributed by atoms with Crippen LogP contribution >= 0.6 is 0 Å². The zero-order chi connectivity index (χ0) is 18.3. The molecule has 4 rings (SSSR count). The van der Waals surface area contributed by atoms with Crippen LogP contribution < -0.4 is 0 Å². The molecule has 1 aromatic carbocycles. The van der Waals surface area contributed by atoms with Crippen molar-refractivity contribution in [2.45, 2.75) is 25.8 Å². The monoisotopic (exact) mass is 355 g/mol. The molecule has 0 saturated carbocycles. The standard InChI is InChI=1S/C18H17N3O5/c1-11-15(10-20(19-11)12-6-8-25-9-7-12)18(24)26-21-16(22)13-4-2-3-5-14(13)17(21)23/h2-5,10,12H,6-9H2,1H3. The second-order valence-corrected chi connectivity index (χ2v) is 6.28. The summed E-state index contributed by atoms with van der Waals surface area (Å²) >= 11 is 0. The van der Waals surface area contributed by atoms with E-state index in [1.54, 1.807) is 29.9 Å². The molecular formula is C18H17N3O5. The maximum absolute atomic E-state index is 12.5. The van der Waals surface area contributed by atoms with Gasteiger partial charge in [-0.25, -0.2) is 4.79 Å². The van der Waals surface area contributed by atoms with E-state index in [9.17, 15) is 14.4 Å². The molecule has 0 unspecified atom stereocenters. The van der Waals surface area contributed by atoms with E-state index in [0.717, 1.165) is 12.8 Å². The molecule has 0 radical (unpaired) electrons. The molecule has 0 aliphatic carbocycles. The van der Waals surface area contributed by atoms with Crippen molar-refractivity contribution in [3.8, 4) is 0 Å². The Morgan fingerprint density at radius 2 is 1.77 bits per heavy atom. The number of carbonyl (C=O) groups excluding carboxylic acids is 3. The first-order valence-corrected chi connectivity index (χ1v) is 8.40. The van der Waals surface area contributed by atoms with Gasteiger partial charge in [0.25, 0.3) is 11.8 Å². The summed E-state index contributed by atoms with van der Waals surface area (Å²) in [6, 6.07) is 6.51. The number of imide groups is 1. The zero-order valence-electron chi connectivity index (χ0n) is 14.2. The fourth-order valence-electron chi connectivity index (χ4n) is 3.20. The topological polar surface area (TPSA) is 90.7 Å². The fraction of sp³-hybridized carbons (Fsp3) is 0.333. The van der Waals surface area contributed by atoms with Crippen LogP contribution in [0.25, 0.3) is 0 Å². The Morgan fingerprint density at radius 3 is 2.38 bits per heavy atom. The Morgan fingerprint density at radius 1 is 1.15 bits per heavy atom. The number of hydrogen-bond acceptors (Lipinski definition) is 6. The smallest absolute Gasteiger partial charge is 0.367 e. The van der Waals surface area contributed by atoms with Crippen molar-refractivity contribution in [1.29, 1.82) is 0 Å². The van der Waals surface area contributed by atoms with Crippen LogP contribution in [-0.4, -0.2) is 45.8 Å². The van der Waals surface area contributed by atoms with Gasteiger partial charge in [-0.2, -0.15) is 5.10 Å². The van der Waals surface area contributed by atoms with Crippen LogP contribution in [0.3, 0.4) is 0 Å². The first kappa shape index (κ1) is 16.5. The molecule has 1 saturated heterocycles. The number of aromatic nitrogens is 2. The van der Waals surface area contributed by atoms with Crippen LogP contribution in [0.2, 0.25) is 0 Å². The number of hydrogen-bond donors (Lipinski definition) is 0. The summed E-state index contributed by atoms with van der Waals surface area (Å²) < 4.78 is 7.07. The van der Waals surface area contributed by atoms with Crippen molar-refractivity contribution >= 4 is 17.8 Å². The Kier molecular flexibility index (Phi) is 4.04. The molecule has 2 amide bonds. The van der Waals surface area contributed by atoms with Crippen LogP contribution in [0.4, 0.5) is 0 Å². The van der Waals surface area contributed by atoms with Crippen LogP contribution in [0.15, 0.2) is 30.5 Å². The Balaban J connectivity index is 1.53. The third kappa shape index (κ3) is 2.68. The molecule has 2 aliphatic heterocycles. The van der Waals surface area contributed by atoms with Crippen LogP contribution in [0, 0.1) is 6.92 Å². The van der Waals surface area contributed by atoms with Crippen molar-refractivity contribution in [2.24, 2.45) is 0 Å². The lowest BCUT2D eigenvalue weighted by Crippen LogP contribution is -2.32. The number of hydroxylamine groups is 2. The number of carbonyl (C=O) groups is 3. The molecular weight excluding hydrogens is 338 g/mol. The van der Waals surface area contributed by atoms with Gasteiger partial charge in [-0.3, -0.25) is 14.3 Å². The maximum atomic E-state index is 12.5. The van der Waals surface area contributed by atoms with Gasteiger partial charge >= 0.3 is 5.97 Å². The van der Waals surface area contributed by atoms with Gasteiger partial charge in [0.15, 0.2) is 0 Å². The number of amides is 2. The molecule has 1 aromatic heterocycles. The Bertz CT molecular complexity index is 863. The normalized spacial score (nSPS) is 17.5. The van der Waals surface area contributed by atoms with Gasteiger partial charge in [-0.1, -0.05) is 17.2 Å². The van der Waals surface area contributed by atoms with E-state index < -0.39 is 17.8 Å². The summed E-state index contributed by atoms with van der Waals surface area (Å²) in [6.07, 6.45) is 3.23. The average molecular weight is 355 g/mol. The van der Waals surface area contributed by atoms with Crippen molar-refractivity contribution in [2.75, 3.05) is 13.2 Å². The quantitative estimate of drug-likeness (QED) is 0.781. The fourth-order valence-corrected chi connectivity index (χ4v) is 3.20. The predicted octanol–water partition coefficient (Wildman–Crippen LogP) is 1.91. The first-order valence-electron chi connectivity index (χ1n) is 8.40. The zero-order valence-corrected chi connectivity index (χ0v) is 14.2. The summed E-state index contributed by atoms with van der Waals surface area (Å²) in [7, 11) is 0. The van der Waals surface area contributed by atoms with Crippen molar-refractivity contribution in [3.63, 3.8) is 0 Å². The van der Waals surface area contributed by atoms with Gasteiger partial charge in [-0.15, -0.1) is 0 Å². The summed E-state index contributed by atoms with van der Waals surface area (Å²) in [6.45, 7) is 2.99.